The minimum Gasteiger partial charge on any atom is -0.309 e. The molecule has 0 aromatic heterocycles. The quantitative estimate of drug-likeness (QED) is 0.713. The zero-order valence-electron chi connectivity index (χ0n) is 15.3. The Hall–Kier alpha value is -1.58. The highest BCUT2D eigenvalue weighted by molar-refractivity contribution is 8.00. The first kappa shape index (κ1) is 18.2. The monoisotopic (exact) mass is 353 g/mol. The normalized spacial score (nSPS) is 20.4. The molecule has 1 aliphatic rings. The molecular formula is C22H27NOS. The standard InChI is InChI=1S/C22H27NOS/c1-16-9-11-19(12-10-16)25-21(17-7-5-4-6-8-17)20(24)15-18-13-14-22(2,3)23-18/h4-12,18,21,23H,13-15H2,1-3H3. The average Bonchev–Trinajstić information content (AvgIpc) is 2.93. The number of hydrogen-bond donors (Lipinski definition) is 1. The van der Waals surface area contributed by atoms with Gasteiger partial charge in [0.25, 0.3) is 0 Å². The van der Waals surface area contributed by atoms with Gasteiger partial charge in [0.15, 0.2) is 5.78 Å². The van der Waals surface area contributed by atoms with Crippen LogP contribution in [0.2, 0.25) is 0 Å². The summed E-state index contributed by atoms with van der Waals surface area (Å²) in [6.45, 7) is 6.52. The van der Waals surface area contributed by atoms with Crippen molar-refractivity contribution in [2.75, 3.05) is 0 Å². The van der Waals surface area contributed by atoms with Crippen molar-refractivity contribution in [3.63, 3.8) is 0 Å². The second-order valence-corrected chi connectivity index (χ2v) is 8.83. The van der Waals surface area contributed by atoms with Gasteiger partial charge in [0.05, 0.1) is 5.25 Å². The molecule has 1 heterocycles. The third kappa shape index (κ3) is 4.96. The minimum absolute atomic E-state index is 0.144. The highest BCUT2D eigenvalue weighted by Crippen LogP contribution is 2.38. The van der Waals surface area contributed by atoms with Crippen molar-refractivity contribution < 1.29 is 4.79 Å². The van der Waals surface area contributed by atoms with Crippen LogP contribution in [0.3, 0.4) is 0 Å². The first-order valence-electron chi connectivity index (χ1n) is 9.02. The third-order valence-electron chi connectivity index (χ3n) is 4.83. The molecule has 2 aromatic carbocycles. The highest BCUT2D eigenvalue weighted by atomic mass is 32.2. The maximum Gasteiger partial charge on any atom is 0.152 e. The maximum absolute atomic E-state index is 13.1. The fraction of sp³-hybridized carbons (Fsp3) is 0.409. The third-order valence-corrected chi connectivity index (χ3v) is 6.15. The average molecular weight is 354 g/mol. The summed E-state index contributed by atoms with van der Waals surface area (Å²) in [6, 6.07) is 18.9. The lowest BCUT2D eigenvalue weighted by atomic mass is 10.0. The predicted octanol–water partition coefficient (Wildman–Crippen LogP) is 5.32. The Balaban J connectivity index is 1.76. The van der Waals surface area contributed by atoms with E-state index in [1.807, 2.05) is 18.2 Å². The Morgan fingerprint density at radius 2 is 1.84 bits per heavy atom. The molecule has 0 saturated carbocycles. The number of hydrogen-bond acceptors (Lipinski definition) is 3. The van der Waals surface area contributed by atoms with Crippen molar-refractivity contribution in [3.8, 4) is 0 Å². The number of rotatable bonds is 6. The van der Waals surface area contributed by atoms with Gasteiger partial charge in [-0.25, -0.2) is 0 Å². The van der Waals surface area contributed by atoms with Gasteiger partial charge in [-0.3, -0.25) is 4.79 Å². The molecule has 25 heavy (non-hydrogen) atoms. The van der Waals surface area contributed by atoms with Gasteiger partial charge in [-0.05, 0) is 51.3 Å². The topological polar surface area (TPSA) is 29.1 Å². The van der Waals surface area contributed by atoms with E-state index in [0.29, 0.717) is 18.2 Å². The summed E-state index contributed by atoms with van der Waals surface area (Å²) < 4.78 is 0. The van der Waals surface area contributed by atoms with E-state index in [9.17, 15) is 4.79 Å². The number of carbonyl (C=O) groups is 1. The number of carbonyl (C=O) groups excluding carboxylic acids is 1. The van der Waals surface area contributed by atoms with Crippen LogP contribution in [0.1, 0.15) is 49.5 Å². The largest absolute Gasteiger partial charge is 0.309 e. The summed E-state index contributed by atoms with van der Waals surface area (Å²) in [5, 5.41) is 3.46. The van der Waals surface area contributed by atoms with Crippen LogP contribution in [0.5, 0.6) is 0 Å². The number of nitrogens with one attached hydrogen (secondary N) is 1. The van der Waals surface area contributed by atoms with Crippen LogP contribution < -0.4 is 5.32 Å². The number of Topliss-reactive ketones (excluding diaryl/α,β-unsaturated/α-hetero) is 1. The van der Waals surface area contributed by atoms with Gasteiger partial charge >= 0.3 is 0 Å². The Bertz CT molecular complexity index is 709. The van der Waals surface area contributed by atoms with Gasteiger partial charge in [0.2, 0.25) is 0 Å². The molecule has 2 unspecified atom stereocenters. The van der Waals surface area contributed by atoms with Crippen molar-refractivity contribution >= 4 is 17.5 Å². The molecular weight excluding hydrogens is 326 g/mol. The lowest BCUT2D eigenvalue weighted by Gasteiger charge is -2.22. The zero-order chi connectivity index (χ0) is 17.9. The van der Waals surface area contributed by atoms with E-state index in [2.05, 4.69) is 62.5 Å². The van der Waals surface area contributed by atoms with Crippen LogP contribution in [0, 0.1) is 6.92 Å². The molecule has 0 bridgehead atoms. The van der Waals surface area contributed by atoms with Crippen LogP contribution in [0.15, 0.2) is 59.5 Å². The molecule has 1 saturated heterocycles. The Morgan fingerprint density at radius 1 is 1.16 bits per heavy atom. The van der Waals surface area contributed by atoms with E-state index in [1.54, 1.807) is 11.8 Å². The molecule has 3 heteroatoms. The van der Waals surface area contributed by atoms with E-state index < -0.39 is 0 Å². The first-order valence-corrected chi connectivity index (χ1v) is 9.90. The summed E-state index contributed by atoms with van der Waals surface area (Å²) in [5.74, 6) is 0.312. The van der Waals surface area contributed by atoms with E-state index in [4.69, 9.17) is 0 Å². The fourth-order valence-corrected chi connectivity index (χ4v) is 4.52. The van der Waals surface area contributed by atoms with Crippen molar-refractivity contribution in [3.05, 3.63) is 65.7 Å². The first-order chi connectivity index (χ1) is 11.9. The van der Waals surface area contributed by atoms with Crippen LogP contribution in [-0.2, 0) is 4.79 Å². The molecule has 3 rings (SSSR count). The summed E-state index contributed by atoms with van der Waals surface area (Å²) in [6.07, 6.45) is 2.81. The Labute approximate surface area is 155 Å². The molecule has 1 N–H and O–H groups in total. The lowest BCUT2D eigenvalue weighted by molar-refractivity contribution is -0.119. The Morgan fingerprint density at radius 3 is 2.44 bits per heavy atom. The van der Waals surface area contributed by atoms with Gasteiger partial charge in [0, 0.05) is 22.9 Å². The molecule has 0 radical (unpaired) electrons. The van der Waals surface area contributed by atoms with Crippen LogP contribution in [0.25, 0.3) is 0 Å². The molecule has 132 valence electrons. The molecule has 1 aliphatic heterocycles. The fourth-order valence-electron chi connectivity index (χ4n) is 3.44. The van der Waals surface area contributed by atoms with Crippen molar-refractivity contribution in [2.24, 2.45) is 0 Å². The smallest absolute Gasteiger partial charge is 0.152 e. The van der Waals surface area contributed by atoms with Gasteiger partial charge in [-0.2, -0.15) is 0 Å². The number of benzene rings is 2. The number of ketones is 1. The molecule has 0 amide bonds. The summed E-state index contributed by atoms with van der Waals surface area (Å²) >= 11 is 1.66. The molecule has 2 atom stereocenters. The predicted molar refractivity (Wildman–Crippen MR) is 106 cm³/mol. The van der Waals surface area contributed by atoms with Gasteiger partial charge in [0.1, 0.15) is 0 Å². The second kappa shape index (κ2) is 7.76. The highest BCUT2D eigenvalue weighted by Gasteiger charge is 2.33. The second-order valence-electron chi connectivity index (χ2n) is 7.66. The number of aryl methyl sites for hydroxylation is 1. The van der Waals surface area contributed by atoms with Crippen molar-refractivity contribution in [2.45, 2.75) is 61.8 Å². The van der Waals surface area contributed by atoms with E-state index in [-0.39, 0.29) is 10.8 Å². The van der Waals surface area contributed by atoms with E-state index >= 15 is 0 Å². The molecule has 2 nitrogen and oxygen atoms in total. The maximum atomic E-state index is 13.1. The minimum atomic E-state index is -0.144. The van der Waals surface area contributed by atoms with E-state index in [1.165, 1.54) is 5.56 Å². The van der Waals surface area contributed by atoms with Crippen molar-refractivity contribution in [1.29, 1.82) is 0 Å². The van der Waals surface area contributed by atoms with Gasteiger partial charge < -0.3 is 5.32 Å². The Kier molecular flexibility index (Phi) is 5.65. The zero-order valence-corrected chi connectivity index (χ0v) is 16.1. The van der Waals surface area contributed by atoms with Crippen LogP contribution in [0.4, 0.5) is 0 Å². The summed E-state index contributed by atoms with van der Waals surface area (Å²) in [7, 11) is 0. The summed E-state index contributed by atoms with van der Waals surface area (Å²) in [4.78, 5) is 14.3. The summed E-state index contributed by atoms with van der Waals surface area (Å²) in [5.41, 5.74) is 2.48. The molecule has 0 aliphatic carbocycles. The van der Waals surface area contributed by atoms with Gasteiger partial charge in [-0.1, -0.05) is 48.0 Å². The van der Waals surface area contributed by atoms with Crippen LogP contribution >= 0.6 is 11.8 Å². The SMILES string of the molecule is Cc1ccc(SC(C(=O)CC2CCC(C)(C)N2)c2ccccc2)cc1. The molecule has 1 fully saturated rings. The van der Waals surface area contributed by atoms with Crippen LogP contribution in [-0.4, -0.2) is 17.4 Å². The molecule has 2 aromatic rings. The van der Waals surface area contributed by atoms with Gasteiger partial charge in [-0.15, -0.1) is 11.8 Å². The lowest BCUT2D eigenvalue weighted by Crippen LogP contribution is -2.38. The van der Waals surface area contributed by atoms with Crippen molar-refractivity contribution in [1.82, 2.24) is 5.32 Å². The number of thioether (sulfide) groups is 1. The molecule has 0 spiro atoms. The van der Waals surface area contributed by atoms with E-state index in [0.717, 1.165) is 23.3 Å².